The van der Waals surface area contributed by atoms with E-state index in [0.717, 1.165) is 47.8 Å². The van der Waals surface area contributed by atoms with Crippen LogP contribution in [-0.2, 0) is 0 Å². The van der Waals surface area contributed by atoms with Gasteiger partial charge in [-0.15, -0.1) is 0 Å². The smallest absolute Gasteiger partial charge is 0.142 e. The summed E-state index contributed by atoms with van der Waals surface area (Å²) in [6, 6.07) is 12.0. The van der Waals surface area contributed by atoms with E-state index >= 15 is 0 Å². The monoisotopic (exact) mass is 332 g/mol. The number of nitrogens with two attached hydrogens (primary N) is 1. The van der Waals surface area contributed by atoms with Gasteiger partial charge < -0.3 is 15.5 Å². The van der Waals surface area contributed by atoms with Crippen molar-refractivity contribution in [1.29, 1.82) is 0 Å². The van der Waals surface area contributed by atoms with Gasteiger partial charge in [0.05, 0.1) is 15.8 Å². The molecule has 0 saturated carbocycles. The van der Waals surface area contributed by atoms with Gasteiger partial charge >= 0.3 is 0 Å². The summed E-state index contributed by atoms with van der Waals surface area (Å²) in [7, 11) is 0. The molecule has 0 radical (unpaired) electrons. The Morgan fingerprint density at radius 3 is 2.35 bits per heavy atom. The lowest BCUT2D eigenvalue weighted by Crippen LogP contribution is -2.47. The van der Waals surface area contributed by atoms with Crippen molar-refractivity contribution in [1.82, 2.24) is 4.98 Å². The van der Waals surface area contributed by atoms with Crippen LogP contribution in [0.4, 0.5) is 17.2 Å². The fourth-order valence-electron chi connectivity index (χ4n) is 2.54. The Balaban J connectivity index is 1.72. The van der Waals surface area contributed by atoms with Crippen LogP contribution < -0.4 is 15.5 Å². The minimum Gasteiger partial charge on any atom is -0.397 e. The first kappa shape index (κ1) is 13.2. The molecule has 20 heavy (non-hydrogen) atoms. The molecule has 0 aliphatic carbocycles. The summed E-state index contributed by atoms with van der Waals surface area (Å²) >= 11 is 3.57. The van der Waals surface area contributed by atoms with E-state index in [1.807, 2.05) is 36.5 Å². The van der Waals surface area contributed by atoms with Gasteiger partial charge in [-0.2, -0.15) is 0 Å². The topological polar surface area (TPSA) is 45.4 Å². The predicted molar refractivity (Wildman–Crippen MR) is 87.2 cm³/mol. The minimum atomic E-state index is 0.847. The van der Waals surface area contributed by atoms with Gasteiger partial charge in [-0.05, 0) is 40.2 Å². The molecule has 0 amide bonds. The van der Waals surface area contributed by atoms with Crippen LogP contribution in [0.5, 0.6) is 0 Å². The number of anilines is 3. The second kappa shape index (κ2) is 5.71. The lowest BCUT2D eigenvalue weighted by Gasteiger charge is -2.37. The lowest BCUT2D eigenvalue weighted by molar-refractivity contribution is 0.647. The largest absolute Gasteiger partial charge is 0.397 e. The van der Waals surface area contributed by atoms with Crippen LogP contribution in [0.1, 0.15) is 0 Å². The van der Waals surface area contributed by atoms with Crippen molar-refractivity contribution < 1.29 is 0 Å². The summed E-state index contributed by atoms with van der Waals surface area (Å²) in [6.45, 7) is 3.81. The van der Waals surface area contributed by atoms with Crippen LogP contribution in [0.2, 0.25) is 0 Å². The van der Waals surface area contributed by atoms with E-state index in [-0.39, 0.29) is 0 Å². The number of nitrogen functional groups attached to an aromatic ring is 1. The quantitative estimate of drug-likeness (QED) is 0.859. The summed E-state index contributed by atoms with van der Waals surface area (Å²) in [5, 5.41) is 0. The molecule has 1 aliphatic rings. The average Bonchev–Trinajstić information content (AvgIpc) is 2.49. The molecule has 1 saturated heterocycles. The van der Waals surface area contributed by atoms with E-state index in [2.05, 4.69) is 36.8 Å². The zero-order valence-electron chi connectivity index (χ0n) is 11.2. The first-order valence-electron chi connectivity index (χ1n) is 6.70. The van der Waals surface area contributed by atoms with Gasteiger partial charge in [-0.25, -0.2) is 4.98 Å². The predicted octanol–water partition coefficient (Wildman–Crippen LogP) is 2.75. The maximum absolute atomic E-state index is 6.05. The van der Waals surface area contributed by atoms with Gasteiger partial charge in [-0.1, -0.05) is 12.1 Å². The molecule has 0 bridgehead atoms. The van der Waals surface area contributed by atoms with E-state index in [9.17, 15) is 0 Å². The number of rotatable bonds is 2. The molecule has 2 heterocycles. The van der Waals surface area contributed by atoms with Crippen LogP contribution in [0.15, 0.2) is 47.1 Å². The van der Waals surface area contributed by atoms with E-state index < -0.39 is 0 Å². The molecule has 0 spiro atoms. The summed E-state index contributed by atoms with van der Waals surface area (Å²) in [6.07, 6.45) is 1.83. The van der Waals surface area contributed by atoms with Crippen molar-refractivity contribution in [2.75, 3.05) is 41.7 Å². The van der Waals surface area contributed by atoms with Crippen LogP contribution >= 0.6 is 15.9 Å². The number of halogens is 1. The van der Waals surface area contributed by atoms with Crippen LogP contribution in [0.3, 0.4) is 0 Å². The fourth-order valence-corrected chi connectivity index (χ4v) is 3.05. The molecule has 1 fully saturated rings. The lowest BCUT2D eigenvalue weighted by atomic mass is 10.2. The second-order valence-corrected chi connectivity index (χ2v) is 5.70. The molecule has 4 nitrogen and oxygen atoms in total. The van der Waals surface area contributed by atoms with E-state index in [0.29, 0.717) is 0 Å². The zero-order chi connectivity index (χ0) is 13.9. The summed E-state index contributed by atoms with van der Waals surface area (Å²) in [4.78, 5) is 9.09. The molecular formula is C15H17BrN4. The number of hydrogen-bond donors (Lipinski definition) is 1. The van der Waals surface area contributed by atoms with Crippen LogP contribution in [0.25, 0.3) is 0 Å². The molecule has 104 valence electrons. The zero-order valence-corrected chi connectivity index (χ0v) is 12.8. The van der Waals surface area contributed by atoms with Gasteiger partial charge in [0.1, 0.15) is 5.82 Å². The van der Waals surface area contributed by atoms with Crippen molar-refractivity contribution in [3.05, 3.63) is 47.1 Å². The maximum Gasteiger partial charge on any atom is 0.142 e. The number of piperazine rings is 1. The Hall–Kier alpha value is -1.75. The maximum atomic E-state index is 6.05. The third-order valence-corrected chi connectivity index (χ3v) is 4.21. The van der Waals surface area contributed by atoms with Crippen LogP contribution in [0, 0.1) is 0 Å². The minimum absolute atomic E-state index is 0.847. The molecule has 2 aromatic rings. The van der Waals surface area contributed by atoms with Gasteiger partial charge in [-0.3, -0.25) is 0 Å². The molecule has 3 rings (SSSR count). The fraction of sp³-hybridized carbons (Fsp3) is 0.267. The summed E-state index contributed by atoms with van der Waals surface area (Å²) in [5.41, 5.74) is 8.03. The number of aromatic nitrogens is 1. The Bertz CT molecular complexity index is 540. The van der Waals surface area contributed by atoms with Crippen molar-refractivity contribution in [3.8, 4) is 0 Å². The van der Waals surface area contributed by atoms with Crippen LogP contribution in [-0.4, -0.2) is 31.2 Å². The first-order valence-corrected chi connectivity index (χ1v) is 7.50. The van der Waals surface area contributed by atoms with Crippen molar-refractivity contribution in [2.45, 2.75) is 0 Å². The second-order valence-electron chi connectivity index (χ2n) is 4.84. The molecule has 1 aromatic carbocycles. The molecular weight excluding hydrogens is 316 g/mol. The number of nitrogens with zero attached hydrogens (tertiary/aromatic N) is 3. The van der Waals surface area contributed by atoms with Gasteiger partial charge in [0, 0.05) is 32.4 Å². The van der Waals surface area contributed by atoms with Crippen molar-refractivity contribution >= 4 is 33.1 Å². The van der Waals surface area contributed by atoms with E-state index in [1.54, 1.807) is 0 Å². The number of benzene rings is 1. The van der Waals surface area contributed by atoms with Crippen molar-refractivity contribution in [3.63, 3.8) is 0 Å². The standard InChI is InChI=1S/C15H17BrN4/c16-12-4-3-7-18-15(12)20-10-8-19(9-11-20)14-6-2-1-5-13(14)17/h1-7H,8-11,17H2. The molecule has 1 aliphatic heterocycles. The van der Waals surface area contributed by atoms with E-state index in [4.69, 9.17) is 5.73 Å². The van der Waals surface area contributed by atoms with Crippen molar-refractivity contribution in [2.24, 2.45) is 0 Å². The number of hydrogen-bond acceptors (Lipinski definition) is 4. The summed E-state index contributed by atoms with van der Waals surface area (Å²) in [5.74, 6) is 1.02. The normalized spacial score (nSPS) is 15.4. The first-order chi connectivity index (χ1) is 9.75. The molecule has 5 heteroatoms. The van der Waals surface area contributed by atoms with E-state index in [1.165, 1.54) is 0 Å². The molecule has 1 aromatic heterocycles. The highest BCUT2D eigenvalue weighted by atomic mass is 79.9. The molecule has 0 atom stereocenters. The third kappa shape index (κ3) is 2.58. The average molecular weight is 333 g/mol. The highest BCUT2D eigenvalue weighted by Crippen LogP contribution is 2.27. The third-order valence-electron chi connectivity index (χ3n) is 3.60. The highest BCUT2D eigenvalue weighted by molar-refractivity contribution is 9.10. The SMILES string of the molecule is Nc1ccccc1N1CCN(c2ncccc2Br)CC1. The Kier molecular flexibility index (Phi) is 3.78. The van der Waals surface area contributed by atoms with Gasteiger partial charge in [0.25, 0.3) is 0 Å². The number of pyridine rings is 1. The number of para-hydroxylation sites is 2. The Morgan fingerprint density at radius 1 is 0.950 bits per heavy atom. The molecule has 0 unspecified atom stereocenters. The highest BCUT2D eigenvalue weighted by Gasteiger charge is 2.20. The molecule has 2 N–H and O–H groups in total. The Labute approximate surface area is 127 Å². The Morgan fingerprint density at radius 2 is 1.65 bits per heavy atom. The van der Waals surface area contributed by atoms with Gasteiger partial charge in [0.15, 0.2) is 0 Å². The van der Waals surface area contributed by atoms with Gasteiger partial charge in [0.2, 0.25) is 0 Å². The summed E-state index contributed by atoms with van der Waals surface area (Å²) < 4.78 is 1.05.